The second kappa shape index (κ2) is 8.74. The molecule has 1 aromatic heterocycles. The molecule has 1 fully saturated rings. The zero-order valence-electron chi connectivity index (χ0n) is 16.4. The Morgan fingerprint density at radius 3 is 2.39 bits per heavy atom. The van der Waals surface area contributed by atoms with Gasteiger partial charge in [-0.05, 0) is 30.3 Å². The second-order valence-corrected chi connectivity index (χ2v) is 9.96. The molecular weight excluding hydrogens is 443 g/mol. The van der Waals surface area contributed by atoms with Crippen molar-refractivity contribution >= 4 is 43.3 Å². The van der Waals surface area contributed by atoms with E-state index < -0.39 is 34.3 Å². The van der Waals surface area contributed by atoms with Crippen molar-refractivity contribution in [3.63, 3.8) is 0 Å². The first-order chi connectivity index (χ1) is 14.9. The van der Waals surface area contributed by atoms with Crippen LogP contribution in [-0.2, 0) is 19.6 Å². The maximum absolute atomic E-state index is 13.8. The van der Waals surface area contributed by atoms with Gasteiger partial charge < -0.3 is 9.64 Å². The molecule has 2 heterocycles. The van der Waals surface area contributed by atoms with Crippen LogP contribution in [0.5, 0.6) is 0 Å². The van der Waals surface area contributed by atoms with Gasteiger partial charge in [0.2, 0.25) is 10.0 Å². The number of benzene rings is 2. The van der Waals surface area contributed by atoms with Crippen LogP contribution in [0.15, 0.2) is 59.5 Å². The molecule has 0 spiro atoms. The Labute approximate surface area is 182 Å². The quantitative estimate of drug-likeness (QED) is 0.545. The van der Waals surface area contributed by atoms with Gasteiger partial charge in [0.05, 0.1) is 4.90 Å². The third kappa shape index (κ3) is 4.46. The molecule has 4 rings (SSSR count). The lowest BCUT2D eigenvalue weighted by Gasteiger charge is -2.33. The van der Waals surface area contributed by atoms with E-state index in [9.17, 15) is 22.4 Å². The highest BCUT2D eigenvalue weighted by atomic mass is 32.2. The fraction of sp³-hybridized carbons (Fsp3) is 0.238. The van der Waals surface area contributed by atoms with Crippen molar-refractivity contribution in [2.24, 2.45) is 0 Å². The standard InChI is InChI=1S/C21H19FN2O5S2/c22-17-7-4-8-18-16(17)13-19(30-18)21(26)29-14-20(25)23-9-11-24(12-10-23)31(27,28)15-5-2-1-3-6-15/h1-8,13H,9-12,14H2. The number of carbonyl (C=O) groups excluding carboxylic acids is 2. The summed E-state index contributed by atoms with van der Waals surface area (Å²) in [5.74, 6) is -1.52. The minimum atomic E-state index is -3.61. The molecule has 1 aliphatic heterocycles. The number of ether oxygens (including phenoxy) is 1. The summed E-state index contributed by atoms with van der Waals surface area (Å²) in [5.41, 5.74) is 0. The number of sulfonamides is 1. The molecule has 7 nitrogen and oxygen atoms in total. The van der Waals surface area contributed by atoms with Gasteiger partial charge in [0.25, 0.3) is 5.91 Å². The number of thiophene rings is 1. The average Bonchev–Trinajstić information content (AvgIpc) is 3.24. The fourth-order valence-electron chi connectivity index (χ4n) is 3.34. The normalized spacial score (nSPS) is 15.2. The first kappa shape index (κ1) is 21.4. The Morgan fingerprint density at radius 2 is 1.71 bits per heavy atom. The third-order valence-electron chi connectivity index (χ3n) is 5.01. The summed E-state index contributed by atoms with van der Waals surface area (Å²) < 4.78 is 46.2. The molecule has 10 heteroatoms. The van der Waals surface area contributed by atoms with Crippen molar-refractivity contribution in [1.82, 2.24) is 9.21 Å². The van der Waals surface area contributed by atoms with Crippen molar-refractivity contribution in [1.29, 1.82) is 0 Å². The van der Waals surface area contributed by atoms with E-state index in [2.05, 4.69) is 0 Å². The Kier molecular flexibility index (Phi) is 6.03. The summed E-state index contributed by atoms with van der Waals surface area (Å²) in [7, 11) is -3.61. The highest BCUT2D eigenvalue weighted by Crippen LogP contribution is 2.28. The monoisotopic (exact) mass is 462 g/mol. The number of fused-ring (bicyclic) bond motifs is 1. The van der Waals surface area contributed by atoms with E-state index in [0.717, 1.165) is 11.3 Å². The lowest BCUT2D eigenvalue weighted by atomic mass is 10.2. The summed E-state index contributed by atoms with van der Waals surface area (Å²) in [4.78, 5) is 26.6. The molecule has 3 aromatic rings. The molecule has 0 N–H and O–H groups in total. The molecule has 1 amide bonds. The number of amides is 1. The number of carbonyl (C=O) groups is 2. The third-order valence-corrected chi connectivity index (χ3v) is 8.00. The van der Waals surface area contributed by atoms with Crippen LogP contribution < -0.4 is 0 Å². The predicted octanol–water partition coefficient (Wildman–Crippen LogP) is 2.73. The summed E-state index contributed by atoms with van der Waals surface area (Å²) in [5, 5.41) is 0.335. The SMILES string of the molecule is O=C(OCC(=O)N1CCN(S(=O)(=O)c2ccccc2)CC1)c1cc2c(F)cccc2s1. The number of rotatable bonds is 5. The van der Waals surface area contributed by atoms with Gasteiger partial charge in [-0.25, -0.2) is 17.6 Å². The minimum absolute atomic E-state index is 0.159. The van der Waals surface area contributed by atoms with E-state index in [1.807, 2.05) is 0 Å². The average molecular weight is 463 g/mol. The molecule has 0 radical (unpaired) electrons. The molecule has 0 aliphatic carbocycles. The Balaban J connectivity index is 1.32. The molecule has 162 valence electrons. The largest absolute Gasteiger partial charge is 0.451 e. The first-order valence-electron chi connectivity index (χ1n) is 9.54. The van der Waals surface area contributed by atoms with Gasteiger partial charge in [0, 0.05) is 36.3 Å². The summed E-state index contributed by atoms with van der Waals surface area (Å²) >= 11 is 1.09. The molecular formula is C21H19FN2O5S2. The van der Waals surface area contributed by atoms with E-state index in [1.165, 1.54) is 33.5 Å². The van der Waals surface area contributed by atoms with Crippen LogP contribution in [0.25, 0.3) is 10.1 Å². The van der Waals surface area contributed by atoms with E-state index in [0.29, 0.717) is 10.1 Å². The van der Waals surface area contributed by atoms with Crippen molar-refractivity contribution in [3.05, 3.63) is 65.3 Å². The molecule has 1 aliphatic rings. The van der Waals surface area contributed by atoms with Gasteiger partial charge in [0.15, 0.2) is 6.61 Å². The zero-order valence-corrected chi connectivity index (χ0v) is 18.0. The van der Waals surface area contributed by atoms with Crippen molar-refractivity contribution in [2.45, 2.75) is 4.90 Å². The lowest BCUT2D eigenvalue weighted by Crippen LogP contribution is -2.51. The van der Waals surface area contributed by atoms with Gasteiger partial charge in [-0.3, -0.25) is 4.79 Å². The van der Waals surface area contributed by atoms with E-state index in [-0.39, 0.29) is 36.0 Å². The number of halogens is 1. The maximum Gasteiger partial charge on any atom is 0.348 e. The van der Waals surface area contributed by atoms with E-state index >= 15 is 0 Å². The number of piperazine rings is 1. The van der Waals surface area contributed by atoms with E-state index in [1.54, 1.807) is 30.3 Å². The summed E-state index contributed by atoms with van der Waals surface area (Å²) in [6, 6.07) is 14.1. The van der Waals surface area contributed by atoms with Crippen LogP contribution in [0.3, 0.4) is 0 Å². The topological polar surface area (TPSA) is 84.0 Å². The lowest BCUT2D eigenvalue weighted by molar-refractivity contribution is -0.135. The van der Waals surface area contributed by atoms with Gasteiger partial charge in [-0.1, -0.05) is 24.3 Å². The Bertz CT molecular complexity index is 1220. The highest BCUT2D eigenvalue weighted by molar-refractivity contribution is 7.89. The van der Waals surface area contributed by atoms with Gasteiger partial charge >= 0.3 is 5.97 Å². The van der Waals surface area contributed by atoms with Crippen molar-refractivity contribution < 1.29 is 27.1 Å². The first-order valence-corrected chi connectivity index (χ1v) is 11.8. The van der Waals surface area contributed by atoms with Gasteiger partial charge in [-0.2, -0.15) is 4.31 Å². The zero-order chi connectivity index (χ0) is 22.0. The van der Waals surface area contributed by atoms with Gasteiger partial charge in [0.1, 0.15) is 10.7 Å². The molecule has 1 saturated heterocycles. The van der Waals surface area contributed by atoms with Crippen LogP contribution in [0.4, 0.5) is 4.39 Å². The van der Waals surface area contributed by atoms with Crippen LogP contribution in [0.1, 0.15) is 9.67 Å². The van der Waals surface area contributed by atoms with Crippen LogP contribution in [-0.4, -0.2) is 62.3 Å². The van der Waals surface area contributed by atoms with E-state index in [4.69, 9.17) is 4.74 Å². The van der Waals surface area contributed by atoms with Crippen LogP contribution in [0.2, 0.25) is 0 Å². The van der Waals surface area contributed by atoms with Crippen LogP contribution in [0, 0.1) is 5.82 Å². The summed E-state index contributed by atoms with van der Waals surface area (Å²) in [6.07, 6.45) is 0. The number of hydrogen-bond donors (Lipinski definition) is 0. The second-order valence-electron chi connectivity index (χ2n) is 6.94. The smallest absolute Gasteiger partial charge is 0.348 e. The minimum Gasteiger partial charge on any atom is -0.451 e. The Hall–Kier alpha value is -2.82. The van der Waals surface area contributed by atoms with Gasteiger partial charge in [-0.15, -0.1) is 11.3 Å². The number of esters is 1. The Morgan fingerprint density at radius 1 is 1.00 bits per heavy atom. The molecule has 0 atom stereocenters. The molecule has 0 unspecified atom stereocenters. The maximum atomic E-state index is 13.8. The molecule has 2 aromatic carbocycles. The fourth-order valence-corrected chi connectivity index (χ4v) is 5.75. The van der Waals surface area contributed by atoms with Crippen molar-refractivity contribution in [3.8, 4) is 0 Å². The number of hydrogen-bond acceptors (Lipinski definition) is 6. The predicted molar refractivity (Wildman–Crippen MR) is 114 cm³/mol. The highest BCUT2D eigenvalue weighted by Gasteiger charge is 2.30. The summed E-state index contributed by atoms with van der Waals surface area (Å²) in [6.45, 7) is 0.271. The number of nitrogens with zero attached hydrogens (tertiary/aromatic N) is 2. The molecule has 31 heavy (non-hydrogen) atoms. The molecule has 0 bridgehead atoms. The van der Waals surface area contributed by atoms with Crippen LogP contribution >= 0.6 is 11.3 Å². The van der Waals surface area contributed by atoms with Crippen molar-refractivity contribution in [2.75, 3.05) is 32.8 Å². The molecule has 0 saturated carbocycles.